The van der Waals surface area contributed by atoms with E-state index in [0.29, 0.717) is 18.6 Å². The maximum Gasteiger partial charge on any atom is 0.326 e. The molecule has 0 saturated heterocycles. The number of amides is 3. The zero-order valence-corrected chi connectivity index (χ0v) is 20.5. The van der Waals surface area contributed by atoms with Crippen LogP contribution < -0.4 is 21.7 Å². The Bertz CT molecular complexity index is 613. The Kier molecular flexibility index (Phi) is 13.5. The molecule has 0 aliphatic rings. The van der Waals surface area contributed by atoms with Gasteiger partial charge >= 0.3 is 5.97 Å². The molecule has 0 aliphatic carbocycles. The van der Waals surface area contributed by atoms with E-state index < -0.39 is 47.9 Å². The monoisotopic (exact) mass is 460 g/mol. The third-order valence-corrected chi connectivity index (χ3v) is 5.48. The first-order valence-electron chi connectivity index (χ1n) is 10.7. The van der Waals surface area contributed by atoms with Gasteiger partial charge in [0.05, 0.1) is 6.04 Å². The molecule has 4 atom stereocenters. The molecule has 0 heterocycles. The van der Waals surface area contributed by atoms with Gasteiger partial charge in [-0.25, -0.2) is 4.79 Å². The molecule has 0 bridgehead atoms. The second-order valence-corrected chi connectivity index (χ2v) is 9.86. The summed E-state index contributed by atoms with van der Waals surface area (Å²) < 4.78 is 0. The van der Waals surface area contributed by atoms with Crippen molar-refractivity contribution in [2.24, 2.45) is 23.5 Å². The molecule has 9 nitrogen and oxygen atoms in total. The second-order valence-electron chi connectivity index (χ2n) is 8.87. The maximum atomic E-state index is 13.0. The molecule has 3 amide bonds. The molecule has 0 spiro atoms. The first-order chi connectivity index (χ1) is 14.3. The van der Waals surface area contributed by atoms with Gasteiger partial charge in [-0.1, -0.05) is 41.5 Å². The average molecular weight is 461 g/mol. The fourth-order valence-corrected chi connectivity index (χ4v) is 3.29. The van der Waals surface area contributed by atoms with Crippen molar-refractivity contribution in [1.82, 2.24) is 16.0 Å². The quantitative estimate of drug-likeness (QED) is 0.259. The van der Waals surface area contributed by atoms with Crippen LogP contribution in [0.25, 0.3) is 0 Å². The van der Waals surface area contributed by atoms with Gasteiger partial charge < -0.3 is 26.8 Å². The van der Waals surface area contributed by atoms with Crippen molar-refractivity contribution in [3.8, 4) is 0 Å². The molecule has 31 heavy (non-hydrogen) atoms. The highest BCUT2D eigenvalue weighted by molar-refractivity contribution is 7.98. The number of carbonyl (C=O) groups excluding carboxylic acids is 3. The van der Waals surface area contributed by atoms with E-state index in [-0.39, 0.29) is 17.8 Å². The van der Waals surface area contributed by atoms with Crippen molar-refractivity contribution in [2.75, 3.05) is 12.0 Å². The second kappa shape index (κ2) is 14.3. The molecule has 0 saturated carbocycles. The largest absolute Gasteiger partial charge is 0.480 e. The van der Waals surface area contributed by atoms with Crippen LogP contribution in [0.1, 0.15) is 54.4 Å². The zero-order valence-electron chi connectivity index (χ0n) is 19.7. The third kappa shape index (κ3) is 10.9. The minimum Gasteiger partial charge on any atom is -0.480 e. The summed E-state index contributed by atoms with van der Waals surface area (Å²) in [7, 11) is 0. The Morgan fingerprint density at radius 3 is 1.77 bits per heavy atom. The predicted octanol–water partition coefficient (Wildman–Crippen LogP) is 0.964. The van der Waals surface area contributed by atoms with Crippen molar-refractivity contribution >= 4 is 35.5 Å². The number of rotatable bonds is 14. The maximum absolute atomic E-state index is 13.0. The molecule has 0 aromatic carbocycles. The van der Waals surface area contributed by atoms with Crippen LogP contribution >= 0.6 is 11.8 Å². The highest BCUT2D eigenvalue weighted by atomic mass is 32.2. The number of hydrogen-bond donors (Lipinski definition) is 5. The fourth-order valence-electron chi connectivity index (χ4n) is 2.82. The number of carboxylic acids is 1. The number of hydrogen-bond acceptors (Lipinski definition) is 6. The molecule has 10 heteroatoms. The lowest BCUT2D eigenvalue weighted by Crippen LogP contribution is -2.58. The molecule has 0 aromatic heterocycles. The normalized spacial score (nSPS) is 15.3. The van der Waals surface area contributed by atoms with Crippen molar-refractivity contribution in [2.45, 2.75) is 78.6 Å². The molecule has 6 N–H and O–H groups in total. The molecule has 0 aromatic rings. The van der Waals surface area contributed by atoms with E-state index in [4.69, 9.17) is 5.73 Å². The lowest BCUT2D eigenvalue weighted by atomic mass is 10.00. The summed E-state index contributed by atoms with van der Waals surface area (Å²) in [5.41, 5.74) is 5.90. The lowest BCUT2D eigenvalue weighted by Gasteiger charge is -2.27. The predicted molar refractivity (Wildman–Crippen MR) is 124 cm³/mol. The van der Waals surface area contributed by atoms with Gasteiger partial charge in [-0.05, 0) is 42.6 Å². The van der Waals surface area contributed by atoms with Crippen molar-refractivity contribution in [3.05, 3.63) is 0 Å². The highest BCUT2D eigenvalue weighted by Gasteiger charge is 2.31. The van der Waals surface area contributed by atoms with E-state index in [1.165, 1.54) is 11.8 Å². The summed E-state index contributed by atoms with van der Waals surface area (Å²) in [6.45, 7) is 10.9. The van der Waals surface area contributed by atoms with Gasteiger partial charge in [0.2, 0.25) is 17.7 Å². The molecule has 0 aliphatic heterocycles. The van der Waals surface area contributed by atoms with Crippen LogP contribution in [0.3, 0.4) is 0 Å². The summed E-state index contributed by atoms with van der Waals surface area (Å²) in [6.07, 6.45) is 2.58. The third-order valence-electron chi connectivity index (χ3n) is 4.84. The standard InChI is InChI=1S/C21H40N4O5S/c1-11(2)10-15(24-20(28)16(22)12(3)4)19(27)23-14(8-9-31-7)18(26)25-17(13(5)6)21(29)30/h11-17H,8-10,22H2,1-7H3,(H,23,27)(H,24,28)(H,25,26)(H,29,30). The smallest absolute Gasteiger partial charge is 0.326 e. The van der Waals surface area contributed by atoms with Gasteiger partial charge in [0.25, 0.3) is 0 Å². The molecule has 0 rings (SSSR count). The Labute approximate surface area is 190 Å². The van der Waals surface area contributed by atoms with Gasteiger partial charge in [-0.15, -0.1) is 0 Å². The molecule has 180 valence electrons. The molecule has 0 fully saturated rings. The number of thioether (sulfide) groups is 1. The lowest BCUT2D eigenvalue weighted by molar-refractivity contribution is -0.143. The van der Waals surface area contributed by atoms with Gasteiger partial charge in [0.15, 0.2) is 0 Å². The van der Waals surface area contributed by atoms with E-state index in [2.05, 4.69) is 16.0 Å². The van der Waals surface area contributed by atoms with Gasteiger partial charge in [0.1, 0.15) is 18.1 Å². The number of carbonyl (C=O) groups is 4. The average Bonchev–Trinajstić information content (AvgIpc) is 2.66. The number of nitrogens with one attached hydrogen (secondary N) is 3. The number of nitrogens with two attached hydrogens (primary N) is 1. The van der Waals surface area contributed by atoms with Crippen LogP contribution in [0.4, 0.5) is 0 Å². The van der Waals surface area contributed by atoms with Crippen LogP contribution in [0.2, 0.25) is 0 Å². The first kappa shape index (κ1) is 29.2. The summed E-state index contributed by atoms with van der Waals surface area (Å²) >= 11 is 1.51. The SMILES string of the molecule is CSCCC(NC(=O)C(CC(C)C)NC(=O)C(N)C(C)C)C(=O)NC(C(=O)O)C(C)C. The van der Waals surface area contributed by atoms with Gasteiger partial charge in [0, 0.05) is 0 Å². The molecule has 4 unspecified atom stereocenters. The van der Waals surface area contributed by atoms with Crippen molar-refractivity contribution < 1.29 is 24.3 Å². The Balaban J connectivity index is 5.46. The van der Waals surface area contributed by atoms with Gasteiger partial charge in [-0.3, -0.25) is 14.4 Å². The van der Waals surface area contributed by atoms with Crippen LogP contribution in [0.15, 0.2) is 0 Å². The summed E-state index contributed by atoms with van der Waals surface area (Å²) in [5, 5.41) is 17.3. The van der Waals surface area contributed by atoms with Crippen molar-refractivity contribution in [1.29, 1.82) is 0 Å². The Morgan fingerprint density at radius 2 is 1.35 bits per heavy atom. The zero-order chi connectivity index (χ0) is 24.3. The van der Waals surface area contributed by atoms with Crippen LogP contribution in [-0.4, -0.2) is 65.0 Å². The van der Waals surface area contributed by atoms with Crippen LogP contribution in [0.5, 0.6) is 0 Å². The summed E-state index contributed by atoms with van der Waals surface area (Å²) in [4.78, 5) is 49.6. The highest BCUT2D eigenvalue weighted by Crippen LogP contribution is 2.10. The van der Waals surface area contributed by atoms with E-state index in [1.54, 1.807) is 13.8 Å². The fraction of sp³-hybridized carbons (Fsp3) is 0.810. The molecule has 0 radical (unpaired) electrons. The molecular weight excluding hydrogens is 420 g/mol. The van der Waals surface area contributed by atoms with Crippen molar-refractivity contribution in [3.63, 3.8) is 0 Å². The molecular formula is C21H40N4O5S. The van der Waals surface area contributed by atoms with E-state index >= 15 is 0 Å². The minimum atomic E-state index is -1.13. The van der Waals surface area contributed by atoms with Crippen LogP contribution in [0, 0.1) is 17.8 Å². The summed E-state index contributed by atoms with van der Waals surface area (Å²) in [5.74, 6) is -2.31. The van der Waals surface area contributed by atoms with Gasteiger partial charge in [-0.2, -0.15) is 11.8 Å². The first-order valence-corrected chi connectivity index (χ1v) is 12.1. The van der Waals surface area contributed by atoms with E-state index in [9.17, 15) is 24.3 Å². The summed E-state index contributed by atoms with van der Waals surface area (Å²) in [6, 6.07) is -3.56. The van der Waals surface area contributed by atoms with Crippen LogP contribution in [-0.2, 0) is 19.2 Å². The van der Waals surface area contributed by atoms with E-state index in [1.807, 2.05) is 34.0 Å². The minimum absolute atomic E-state index is 0.0909. The van der Waals surface area contributed by atoms with E-state index in [0.717, 1.165) is 0 Å². The Hall–Kier alpha value is -1.81. The Morgan fingerprint density at radius 1 is 0.839 bits per heavy atom. The number of aliphatic carboxylic acids is 1. The number of carboxylic acid groups (broad SMARTS) is 1. The topological polar surface area (TPSA) is 151 Å².